The average molecular weight is 309 g/mol. The second-order valence-electron chi connectivity index (χ2n) is 3.73. The van der Waals surface area contributed by atoms with Crippen LogP contribution in [0, 0.1) is 0 Å². The summed E-state index contributed by atoms with van der Waals surface area (Å²) in [6.07, 6.45) is 0. The molecule has 0 spiro atoms. The Labute approximate surface area is 109 Å². The van der Waals surface area contributed by atoms with Crippen LogP contribution in [0.25, 0.3) is 0 Å². The standard InChI is InChI=1S/C14H14O3Se/c1-12(15)17-18(16,13-8-4-2-5-9-13)14-10-6-3-7-11-14/h2-11,16H,1H3. The number of benzene rings is 2. The predicted octanol–water partition coefficient (Wildman–Crippen LogP) is 0.798. The van der Waals surface area contributed by atoms with Crippen molar-refractivity contribution in [2.45, 2.75) is 6.92 Å². The van der Waals surface area contributed by atoms with Crippen LogP contribution in [0.3, 0.4) is 0 Å². The Morgan fingerprint density at radius 2 is 1.33 bits per heavy atom. The Balaban J connectivity index is 2.51. The third kappa shape index (κ3) is 2.62. The predicted molar refractivity (Wildman–Crippen MR) is 71.9 cm³/mol. The third-order valence-electron chi connectivity index (χ3n) is 2.36. The quantitative estimate of drug-likeness (QED) is 0.853. The van der Waals surface area contributed by atoms with Gasteiger partial charge >= 0.3 is 109 Å². The second-order valence-corrected chi connectivity index (χ2v) is 8.26. The molecule has 0 saturated carbocycles. The molecule has 0 unspecified atom stereocenters. The van der Waals surface area contributed by atoms with E-state index in [4.69, 9.17) is 3.82 Å². The summed E-state index contributed by atoms with van der Waals surface area (Å²) in [6, 6.07) is 18.2. The van der Waals surface area contributed by atoms with Gasteiger partial charge in [0.15, 0.2) is 0 Å². The molecule has 0 aromatic heterocycles. The number of carbonyl (C=O) groups excluding carboxylic acids is 1. The number of hydrogen-bond donors (Lipinski definition) is 1. The van der Waals surface area contributed by atoms with E-state index in [1.807, 2.05) is 36.4 Å². The van der Waals surface area contributed by atoms with E-state index in [1.54, 1.807) is 24.3 Å². The molecule has 0 atom stereocenters. The van der Waals surface area contributed by atoms with E-state index in [0.717, 1.165) is 0 Å². The van der Waals surface area contributed by atoms with E-state index in [0.29, 0.717) is 8.92 Å². The molecule has 0 saturated heterocycles. The molecule has 0 heterocycles. The van der Waals surface area contributed by atoms with Crippen LogP contribution in [0.2, 0.25) is 0 Å². The van der Waals surface area contributed by atoms with Gasteiger partial charge in [0.2, 0.25) is 0 Å². The van der Waals surface area contributed by atoms with Gasteiger partial charge in [-0.15, -0.1) is 0 Å². The summed E-state index contributed by atoms with van der Waals surface area (Å²) in [6.45, 7) is 1.31. The molecule has 1 N–H and O–H groups in total. The number of rotatable bonds is 3. The molecule has 2 aromatic carbocycles. The van der Waals surface area contributed by atoms with Crippen LogP contribution in [0.15, 0.2) is 60.7 Å². The van der Waals surface area contributed by atoms with Crippen molar-refractivity contribution in [2.75, 3.05) is 0 Å². The topological polar surface area (TPSA) is 46.5 Å². The van der Waals surface area contributed by atoms with E-state index in [1.165, 1.54) is 6.92 Å². The second kappa shape index (κ2) is 5.36. The molecule has 18 heavy (non-hydrogen) atoms. The maximum atomic E-state index is 11.3. The van der Waals surface area contributed by atoms with Crippen LogP contribution in [-0.4, -0.2) is 23.7 Å². The first kappa shape index (κ1) is 12.8. The van der Waals surface area contributed by atoms with Gasteiger partial charge in [-0.25, -0.2) is 0 Å². The molecule has 0 amide bonds. The number of carbonyl (C=O) groups is 1. The van der Waals surface area contributed by atoms with Crippen LogP contribution < -0.4 is 8.92 Å². The summed E-state index contributed by atoms with van der Waals surface area (Å²) in [5.41, 5.74) is 0. The molecule has 94 valence electrons. The zero-order valence-electron chi connectivity index (χ0n) is 9.95. The van der Waals surface area contributed by atoms with Gasteiger partial charge in [-0.05, 0) is 0 Å². The van der Waals surface area contributed by atoms with E-state index < -0.39 is 19.5 Å². The molecular formula is C14H14O3Se. The summed E-state index contributed by atoms with van der Waals surface area (Å²) in [5.74, 6) is -0.467. The Kier molecular flexibility index (Phi) is 3.82. The van der Waals surface area contributed by atoms with Crippen molar-refractivity contribution >= 4 is 28.4 Å². The van der Waals surface area contributed by atoms with Gasteiger partial charge in [-0.2, -0.15) is 0 Å². The zero-order valence-corrected chi connectivity index (χ0v) is 11.7. The summed E-state index contributed by atoms with van der Waals surface area (Å²) < 4.78 is 17.5. The van der Waals surface area contributed by atoms with Crippen molar-refractivity contribution < 1.29 is 12.8 Å². The minimum atomic E-state index is -3.62. The summed E-state index contributed by atoms with van der Waals surface area (Å²) in [4.78, 5) is 11.3. The first-order valence-corrected chi connectivity index (χ1v) is 8.67. The van der Waals surface area contributed by atoms with Crippen molar-refractivity contribution in [3.63, 3.8) is 0 Å². The Bertz CT molecular complexity index is 486. The van der Waals surface area contributed by atoms with Crippen LogP contribution in [-0.2, 0) is 8.61 Å². The minimum absolute atomic E-state index is 0.467. The third-order valence-corrected chi connectivity index (χ3v) is 7.19. The molecule has 3 nitrogen and oxygen atoms in total. The van der Waals surface area contributed by atoms with Crippen LogP contribution >= 0.6 is 0 Å². The molecule has 0 bridgehead atoms. The first-order chi connectivity index (χ1) is 8.63. The molecule has 2 aromatic rings. The number of hydrogen-bond acceptors (Lipinski definition) is 3. The van der Waals surface area contributed by atoms with Gasteiger partial charge in [0.25, 0.3) is 0 Å². The fourth-order valence-electron chi connectivity index (χ4n) is 1.61. The van der Waals surface area contributed by atoms with Crippen LogP contribution in [0.4, 0.5) is 0 Å². The van der Waals surface area contributed by atoms with Gasteiger partial charge in [-0.3, -0.25) is 0 Å². The van der Waals surface area contributed by atoms with Gasteiger partial charge in [0.1, 0.15) is 0 Å². The van der Waals surface area contributed by atoms with Crippen LogP contribution in [0.5, 0.6) is 0 Å². The van der Waals surface area contributed by atoms with Crippen LogP contribution in [0.1, 0.15) is 6.92 Å². The van der Waals surface area contributed by atoms with Gasteiger partial charge in [-0.1, -0.05) is 0 Å². The van der Waals surface area contributed by atoms with Crippen molar-refractivity contribution in [3.05, 3.63) is 60.7 Å². The maximum absolute atomic E-state index is 11.3. The molecule has 0 fully saturated rings. The van der Waals surface area contributed by atoms with Gasteiger partial charge < -0.3 is 0 Å². The van der Waals surface area contributed by atoms with E-state index in [-0.39, 0.29) is 0 Å². The molecule has 4 heteroatoms. The average Bonchev–Trinajstić information content (AvgIpc) is 2.40. The Morgan fingerprint density at radius 3 is 1.67 bits per heavy atom. The van der Waals surface area contributed by atoms with Gasteiger partial charge in [0.05, 0.1) is 0 Å². The molecular weight excluding hydrogens is 295 g/mol. The first-order valence-electron chi connectivity index (χ1n) is 5.49. The zero-order chi connectivity index (χ0) is 13.0. The summed E-state index contributed by atoms with van der Waals surface area (Å²) >= 11 is -3.62. The molecule has 0 aliphatic rings. The van der Waals surface area contributed by atoms with Crippen molar-refractivity contribution in [2.24, 2.45) is 0 Å². The fourth-order valence-corrected chi connectivity index (χ4v) is 5.51. The van der Waals surface area contributed by atoms with Gasteiger partial charge in [0, 0.05) is 0 Å². The van der Waals surface area contributed by atoms with Crippen molar-refractivity contribution in [1.29, 1.82) is 0 Å². The molecule has 0 radical (unpaired) electrons. The summed E-state index contributed by atoms with van der Waals surface area (Å²) in [5, 5.41) is 0. The molecule has 0 aliphatic heterocycles. The van der Waals surface area contributed by atoms with Crippen molar-refractivity contribution in [3.8, 4) is 0 Å². The fraction of sp³-hybridized carbons (Fsp3) is 0.0714. The van der Waals surface area contributed by atoms with E-state index >= 15 is 0 Å². The van der Waals surface area contributed by atoms with Crippen molar-refractivity contribution in [1.82, 2.24) is 0 Å². The van der Waals surface area contributed by atoms with E-state index in [2.05, 4.69) is 0 Å². The Hall–Kier alpha value is -1.61. The normalized spacial score (nSPS) is 11.9. The SMILES string of the molecule is CC(=O)O[Se](O)(c1ccccc1)c1ccccc1. The monoisotopic (exact) mass is 310 g/mol. The molecule has 2 rings (SSSR count). The summed E-state index contributed by atoms with van der Waals surface area (Å²) in [7, 11) is 0. The van der Waals surface area contributed by atoms with E-state index in [9.17, 15) is 8.98 Å². The Morgan fingerprint density at radius 1 is 0.944 bits per heavy atom. The molecule has 0 aliphatic carbocycles.